The van der Waals surface area contributed by atoms with Gasteiger partial charge in [0.25, 0.3) is 0 Å². The lowest BCUT2D eigenvalue weighted by Gasteiger charge is -2.03. The summed E-state index contributed by atoms with van der Waals surface area (Å²) in [4.78, 5) is 11.2. The van der Waals surface area contributed by atoms with Crippen molar-refractivity contribution >= 4 is 17.4 Å². The number of aldehydes is 1. The highest BCUT2D eigenvalue weighted by Crippen LogP contribution is 2.21. The molecule has 0 saturated heterocycles. The normalized spacial score (nSPS) is 12.1. The second-order valence-corrected chi connectivity index (χ2v) is 4.94. The van der Waals surface area contributed by atoms with Crippen LogP contribution < -0.4 is 0 Å². The van der Waals surface area contributed by atoms with Gasteiger partial charge in [0.2, 0.25) is 0 Å². The zero-order chi connectivity index (χ0) is 13.0. The molecule has 2 aromatic carbocycles. The van der Waals surface area contributed by atoms with E-state index in [2.05, 4.69) is 0 Å². The molecule has 0 fully saturated rings. The Morgan fingerprint density at radius 2 is 1.44 bits per heavy atom. The Morgan fingerprint density at radius 1 is 0.944 bits per heavy atom. The van der Waals surface area contributed by atoms with E-state index in [1.54, 1.807) is 24.3 Å². The maximum Gasteiger partial charge on any atom is 0.188 e. The number of carbonyl (C=O) groups is 1. The monoisotopic (exact) mass is 260 g/mol. The molecular weight excluding hydrogens is 248 g/mol. The molecule has 0 amide bonds. The molecule has 0 saturated carbocycles. The summed E-state index contributed by atoms with van der Waals surface area (Å²) in [7, 11) is 1.40. The molecule has 0 bridgehead atoms. The van der Waals surface area contributed by atoms with Gasteiger partial charge in [-0.05, 0) is 23.3 Å². The third-order valence-corrected chi connectivity index (χ3v) is 3.54. The summed E-state index contributed by atoms with van der Waals surface area (Å²) in [6, 6.07) is 14.6. The smallest absolute Gasteiger partial charge is 0.188 e. The molecule has 0 aliphatic carbocycles. The zero-order valence-corrected chi connectivity index (χ0v) is 10.6. The number of hydrogen-bond acceptors (Lipinski definition) is 3. The van der Waals surface area contributed by atoms with E-state index in [9.17, 15) is 9.00 Å². The van der Waals surface area contributed by atoms with Gasteiger partial charge in [-0.3, -0.25) is 8.98 Å². The van der Waals surface area contributed by atoms with Crippen molar-refractivity contribution in [1.29, 1.82) is 0 Å². The van der Waals surface area contributed by atoms with Crippen LogP contribution in [0.5, 0.6) is 0 Å². The summed E-state index contributed by atoms with van der Waals surface area (Å²) in [5, 5.41) is 0. The fourth-order valence-corrected chi connectivity index (χ4v) is 2.16. The van der Waals surface area contributed by atoms with Crippen LogP contribution in [-0.4, -0.2) is 17.6 Å². The maximum atomic E-state index is 11.4. The highest BCUT2D eigenvalue weighted by atomic mass is 32.2. The third kappa shape index (κ3) is 2.72. The predicted molar refractivity (Wildman–Crippen MR) is 70.7 cm³/mol. The van der Waals surface area contributed by atoms with Crippen LogP contribution in [0.3, 0.4) is 0 Å². The van der Waals surface area contributed by atoms with E-state index in [1.807, 2.05) is 24.3 Å². The number of rotatable bonds is 4. The first kappa shape index (κ1) is 12.7. The van der Waals surface area contributed by atoms with E-state index in [0.29, 0.717) is 10.5 Å². The molecule has 92 valence electrons. The molecule has 0 aromatic heterocycles. The quantitative estimate of drug-likeness (QED) is 0.794. The molecule has 2 rings (SSSR count). The standard InChI is InChI=1S/C14H12O3S/c1-17-18(16)14-8-6-13(7-9-14)12-4-2-11(10-15)3-5-12/h2-10H,1H3. The van der Waals surface area contributed by atoms with E-state index < -0.39 is 11.1 Å². The summed E-state index contributed by atoms with van der Waals surface area (Å²) in [6.07, 6.45) is 0.814. The predicted octanol–water partition coefficient (Wildman–Crippen LogP) is 2.84. The molecule has 4 heteroatoms. The van der Waals surface area contributed by atoms with E-state index in [-0.39, 0.29) is 0 Å². The zero-order valence-electron chi connectivity index (χ0n) is 9.83. The minimum absolute atomic E-state index is 0.630. The highest BCUT2D eigenvalue weighted by molar-refractivity contribution is 7.80. The van der Waals surface area contributed by atoms with Crippen molar-refractivity contribution in [3.8, 4) is 11.1 Å². The fourth-order valence-electron chi connectivity index (χ4n) is 1.61. The van der Waals surface area contributed by atoms with Crippen LogP contribution in [-0.2, 0) is 15.3 Å². The Bertz CT molecular complexity index is 559. The van der Waals surface area contributed by atoms with E-state index in [1.165, 1.54) is 7.11 Å². The van der Waals surface area contributed by atoms with E-state index >= 15 is 0 Å². The molecule has 0 heterocycles. The van der Waals surface area contributed by atoms with Crippen LogP contribution in [0.15, 0.2) is 53.4 Å². The van der Waals surface area contributed by atoms with Crippen molar-refractivity contribution in [2.45, 2.75) is 4.90 Å². The summed E-state index contributed by atoms with van der Waals surface area (Å²) < 4.78 is 16.1. The van der Waals surface area contributed by atoms with Gasteiger partial charge in [-0.2, -0.15) is 0 Å². The molecule has 3 nitrogen and oxygen atoms in total. The van der Waals surface area contributed by atoms with Crippen LogP contribution in [0.4, 0.5) is 0 Å². The van der Waals surface area contributed by atoms with Crippen LogP contribution in [0.25, 0.3) is 11.1 Å². The Balaban J connectivity index is 2.28. The SMILES string of the molecule is COS(=O)c1ccc(-c2ccc(C=O)cc2)cc1. The van der Waals surface area contributed by atoms with Crippen LogP contribution in [0.1, 0.15) is 10.4 Å². The first-order chi connectivity index (χ1) is 8.74. The number of carbonyl (C=O) groups excluding carboxylic acids is 1. The van der Waals surface area contributed by atoms with Gasteiger partial charge in [-0.25, -0.2) is 4.21 Å². The average Bonchev–Trinajstić information content (AvgIpc) is 2.47. The van der Waals surface area contributed by atoms with Crippen LogP contribution in [0, 0.1) is 0 Å². The molecule has 0 spiro atoms. The van der Waals surface area contributed by atoms with Crippen molar-refractivity contribution in [1.82, 2.24) is 0 Å². The minimum atomic E-state index is -1.41. The summed E-state index contributed by atoms with van der Waals surface area (Å²) in [5.74, 6) is 0. The largest absolute Gasteiger partial charge is 0.298 e. The highest BCUT2D eigenvalue weighted by Gasteiger charge is 2.03. The van der Waals surface area contributed by atoms with E-state index in [0.717, 1.165) is 17.4 Å². The molecule has 0 aliphatic heterocycles. The number of hydrogen-bond donors (Lipinski definition) is 0. The van der Waals surface area contributed by atoms with Crippen molar-refractivity contribution in [3.05, 3.63) is 54.1 Å². The molecule has 1 unspecified atom stereocenters. The Labute approximate surface area is 108 Å². The van der Waals surface area contributed by atoms with Crippen molar-refractivity contribution in [2.24, 2.45) is 0 Å². The Kier molecular flexibility index (Phi) is 4.02. The van der Waals surface area contributed by atoms with Crippen LogP contribution >= 0.6 is 0 Å². The average molecular weight is 260 g/mol. The second kappa shape index (κ2) is 5.71. The van der Waals surface area contributed by atoms with Crippen LogP contribution in [0.2, 0.25) is 0 Å². The molecule has 2 aromatic rings. The lowest BCUT2D eigenvalue weighted by Crippen LogP contribution is -1.92. The maximum absolute atomic E-state index is 11.4. The molecule has 0 aliphatic rings. The molecule has 0 N–H and O–H groups in total. The Hall–Kier alpha value is -1.78. The first-order valence-corrected chi connectivity index (χ1v) is 6.44. The van der Waals surface area contributed by atoms with Gasteiger partial charge >= 0.3 is 0 Å². The summed E-state index contributed by atoms with van der Waals surface area (Å²) in [6.45, 7) is 0. The lowest BCUT2D eigenvalue weighted by atomic mass is 10.0. The van der Waals surface area contributed by atoms with Crippen molar-refractivity contribution < 1.29 is 13.2 Å². The van der Waals surface area contributed by atoms with Gasteiger partial charge < -0.3 is 0 Å². The van der Waals surface area contributed by atoms with Gasteiger partial charge in [-0.15, -0.1) is 0 Å². The van der Waals surface area contributed by atoms with Gasteiger partial charge in [0.1, 0.15) is 6.29 Å². The second-order valence-electron chi connectivity index (χ2n) is 3.67. The molecule has 1 atom stereocenters. The van der Waals surface area contributed by atoms with Gasteiger partial charge in [0.15, 0.2) is 11.1 Å². The van der Waals surface area contributed by atoms with Gasteiger partial charge in [0, 0.05) is 5.56 Å². The molecule has 0 radical (unpaired) electrons. The minimum Gasteiger partial charge on any atom is -0.298 e. The van der Waals surface area contributed by atoms with E-state index in [4.69, 9.17) is 4.18 Å². The summed E-state index contributed by atoms with van der Waals surface area (Å²) in [5.41, 5.74) is 2.66. The third-order valence-electron chi connectivity index (χ3n) is 2.58. The summed E-state index contributed by atoms with van der Waals surface area (Å²) >= 11 is -1.41. The lowest BCUT2D eigenvalue weighted by molar-refractivity contribution is 0.112. The van der Waals surface area contributed by atoms with Gasteiger partial charge in [0.05, 0.1) is 12.0 Å². The van der Waals surface area contributed by atoms with Crippen molar-refractivity contribution in [2.75, 3.05) is 7.11 Å². The number of benzene rings is 2. The molecular formula is C14H12O3S. The Morgan fingerprint density at radius 3 is 1.89 bits per heavy atom. The fraction of sp³-hybridized carbons (Fsp3) is 0.0714. The van der Waals surface area contributed by atoms with Gasteiger partial charge in [-0.1, -0.05) is 36.4 Å². The van der Waals surface area contributed by atoms with Crippen molar-refractivity contribution in [3.63, 3.8) is 0 Å². The molecule has 18 heavy (non-hydrogen) atoms. The topological polar surface area (TPSA) is 43.4 Å². The first-order valence-electron chi connectivity index (χ1n) is 5.36.